The van der Waals surface area contributed by atoms with Crippen molar-refractivity contribution >= 4 is 53.4 Å². The first kappa shape index (κ1) is 45.8. The number of benzene rings is 1. The third kappa shape index (κ3) is 18.3. The molecule has 0 aliphatic carbocycles. The Labute approximate surface area is 308 Å². The molecule has 3 atom stereocenters. The first-order valence-electron chi connectivity index (χ1n) is 16.8. The van der Waals surface area contributed by atoms with E-state index in [2.05, 4.69) is 21.3 Å². The van der Waals surface area contributed by atoms with Gasteiger partial charge in [0, 0.05) is 42.5 Å². The number of rotatable bonds is 26. The summed E-state index contributed by atoms with van der Waals surface area (Å²) in [6.45, 7) is -0.470. The van der Waals surface area contributed by atoms with Crippen molar-refractivity contribution in [2.24, 2.45) is 17.3 Å². The van der Waals surface area contributed by atoms with Crippen LogP contribution >= 0.6 is 0 Å². The van der Waals surface area contributed by atoms with Crippen LogP contribution in [0, 0.1) is 0 Å². The standard InChI is InChI=1S/C32H48FN9O12/c33-11-5-6-20(34)17-42(36)21-15-18(26(45)37-12-3-1-7-22(28(47)48)39-31(35)53)14-19(16-21)27(46)38-13-4-2-8-23(29(49)50)40-32(54)41-24(30(51)52)9-10-25(43)44/h14-17,22-24H,1-13,34,36H2,(H,37,45)(H,38,46)(H,43,44)(H,47,48)(H,49,50)(H,51,52)(H3,35,39,53)(H2,40,41,54)/b20-17-/t22-,23?,24?/m0/s1. The normalized spacial score (nSPS) is 12.7. The zero-order valence-electron chi connectivity index (χ0n) is 29.3. The summed E-state index contributed by atoms with van der Waals surface area (Å²) in [5.41, 5.74) is 11.3. The second-order valence-electron chi connectivity index (χ2n) is 11.9. The number of alkyl halides is 1. The van der Waals surface area contributed by atoms with E-state index in [0.29, 0.717) is 12.8 Å². The van der Waals surface area contributed by atoms with Crippen LogP contribution < -0.4 is 48.9 Å². The molecule has 0 saturated heterocycles. The fraction of sp³-hybridized carbons (Fsp3) is 0.500. The molecule has 0 aromatic heterocycles. The van der Waals surface area contributed by atoms with E-state index in [-0.39, 0.29) is 74.1 Å². The van der Waals surface area contributed by atoms with Crippen LogP contribution in [0.5, 0.6) is 0 Å². The molecule has 6 amide bonds. The third-order valence-electron chi connectivity index (χ3n) is 7.52. The number of carbonyl (C=O) groups is 8. The number of carboxylic acid groups (broad SMARTS) is 4. The van der Waals surface area contributed by atoms with Crippen LogP contribution in [0.4, 0.5) is 19.7 Å². The molecular weight excluding hydrogens is 721 g/mol. The Morgan fingerprint density at radius 2 is 1.13 bits per heavy atom. The van der Waals surface area contributed by atoms with E-state index in [1.165, 1.54) is 24.4 Å². The van der Waals surface area contributed by atoms with Gasteiger partial charge in [-0.15, -0.1) is 0 Å². The molecule has 1 aromatic rings. The van der Waals surface area contributed by atoms with E-state index in [1.807, 2.05) is 5.32 Å². The van der Waals surface area contributed by atoms with Crippen LogP contribution in [-0.4, -0.2) is 106 Å². The van der Waals surface area contributed by atoms with Gasteiger partial charge < -0.3 is 58.5 Å². The Morgan fingerprint density at radius 3 is 1.56 bits per heavy atom. The van der Waals surface area contributed by atoms with E-state index in [4.69, 9.17) is 22.4 Å². The molecular formula is C32H48FN9O12. The Balaban J connectivity index is 2.92. The number of unbranched alkanes of at least 4 members (excludes halogenated alkanes) is 2. The van der Waals surface area contributed by atoms with E-state index >= 15 is 0 Å². The number of hydrogen-bond acceptors (Lipinski definition) is 11. The summed E-state index contributed by atoms with van der Waals surface area (Å²) < 4.78 is 12.6. The minimum absolute atomic E-state index is 0.00305. The van der Waals surface area contributed by atoms with Gasteiger partial charge in [-0.1, -0.05) is 0 Å². The molecule has 21 nitrogen and oxygen atoms in total. The van der Waals surface area contributed by atoms with Crippen LogP contribution in [0.2, 0.25) is 0 Å². The van der Waals surface area contributed by atoms with Gasteiger partial charge in [-0.05, 0) is 76.0 Å². The molecule has 0 aliphatic rings. The van der Waals surface area contributed by atoms with Crippen molar-refractivity contribution < 1.29 is 63.2 Å². The lowest BCUT2D eigenvalue weighted by Gasteiger charge is -2.19. The van der Waals surface area contributed by atoms with Gasteiger partial charge in [0.25, 0.3) is 11.8 Å². The van der Waals surface area contributed by atoms with E-state index in [1.54, 1.807) is 0 Å². The Bertz CT molecular complexity index is 1530. The number of carbonyl (C=O) groups excluding carboxylic acids is 4. The number of urea groups is 2. The van der Waals surface area contributed by atoms with Crippen LogP contribution in [-0.2, 0) is 19.2 Å². The number of nitrogens with zero attached hydrogens (tertiary/aromatic N) is 1. The average Bonchev–Trinajstić information content (AvgIpc) is 3.10. The fourth-order valence-corrected chi connectivity index (χ4v) is 4.74. The first-order valence-corrected chi connectivity index (χ1v) is 16.8. The molecule has 0 radical (unpaired) electrons. The summed E-state index contributed by atoms with van der Waals surface area (Å²) in [7, 11) is 0. The number of nitrogens with one attached hydrogen (secondary N) is 5. The van der Waals surface area contributed by atoms with Crippen molar-refractivity contribution in [3.8, 4) is 0 Å². The highest BCUT2D eigenvalue weighted by molar-refractivity contribution is 6.01. The lowest BCUT2D eigenvalue weighted by molar-refractivity contribution is -0.141. The molecule has 0 saturated carbocycles. The number of carboxylic acids is 4. The summed E-state index contributed by atoms with van der Waals surface area (Å²) >= 11 is 0. The van der Waals surface area contributed by atoms with Gasteiger partial charge in [-0.2, -0.15) is 0 Å². The minimum Gasteiger partial charge on any atom is -0.481 e. The van der Waals surface area contributed by atoms with Gasteiger partial charge in [0.1, 0.15) is 18.1 Å². The smallest absolute Gasteiger partial charge is 0.326 e. The number of nitrogens with two attached hydrogens (primary N) is 3. The highest BCUT2D eigenvalue weighted by atomic mass is 19.1. The van der Waals surface area contributed by atoms with Gasteiger partial charge >= 0.3 is 35.9 Å². The lowest BCUT2D eigenvalue weighted by atomic mass is 10.1. The number of primary amides is 1. The second kappa shape index (κ2) is 24.1. The van der Waals surface area contributed by atoms with Crippen molar-refractivity contribution in [3.05, 3.63) is 41.2 Å². The molecule has 0 spiro atoms. The summed E-state index contributed by atoms with van der Waals surface area (Å²) in [5.74, 6) is -0.572. The molecule has 300 valence electrons. The number of amides is 6. The van der Waals surface area contributed by atoms with E-state index < -0.39 is 85.4 Å². The van der Waals surface area contributed by atoms with Gasteiger partial charge in [0.05, 0.1) is 12.4 Å². The fourth-order valence-electron chi connectivity index (χ4n) is 4.74. The van der Waals surface area contributed by atoms with Crippen LogP contribution in [0.25, 0.3) is 0 Å². The van der Waals surface area contributed by atoms with Crippen molar-refractivity contribution in [1.29, 1.82) is 0 Å². The SMILES string of the molecule is NC(=O)N[C@@H](CCCCNC(=O)c1cc(C(=O)NCCCCC(NC(=O)NC(CCC(=O)O)C(=O)O)C(=O)O)cc(N(N)/C=C(\N)CCCF)c1)C(=O)O. The minimum atomic E-state index is -1.56. The van der Waals surface area contributed by atoms with Crippen LogP contribution in [0.1, 0.15) is 84.9 Å². The molecule has 0 fully saturated rings. The van der Waals surface area contributed by atoms with Crippen LogP contribution in [0.15, 0.2) is 30.1 Å². The van der Waals surface area contributed by atoms with Crippen molar-refractivity contribution in [2.45, 2.75) is 82.3 Å². The summed E-state index contributed by atoms with van der Waals surface area (Å²) in [6, 6.07) is -2.27. The molecule has 0 bridgehead atoms. The number of allylic oxidation sites excluding steroid dienone is 1. The van der Waals surface area contributed by atoms with Gasteiger partial charge in [0.2, 0.25) is 0 Å². The summed E-state index contributed by atoms with van der Waals surface area (Å²) in [5, 5.41) is 49.3. The molecule has 54 heavy (non-hydrogen) atoms. The Kier molecular flexibility index (Phi) is 20.5. The largest absolute Gasteiger partial charge is 0.481 e. The number of hydrogen-bond donors (Lipinski definition) is 12. The van der Waals surface area contributed by atoms with Gasteiger partial charge in [-0.25, -0.2) is 29.8 Å². The molecule has 1 aromatic carbocycles. The molecule has 0 aliphatic heterocycles. The average molecular weight is 770 g/mol. The highest BCUT2D eigenvalue weighted by Gasteiger charge is 2.25. The van der Waals surface area contributed by atoms with Gasteiger partial charge in [-0.3, -0.25) is 23.8 Å². The quantitative estimate of drug-likeness (QED) is 0.0333. The molecule has 2 unspecified atom stereocenters. The number of halogens is 1. The van der Waals surface area contributed by atoms with Crippen LogP contribution in [0.3, 0.4) is 0 Å². The number of aliphatic carboxylic acids is 4. The number of anilines is 1. The summed E-state index contributed by atoms with van der Waals surface area (Å²) in [4.78, 5) is 94.4. The van der Waals surface area contributed by atoms with E-state index in [0.717, 1.165) is 5.01 Å². The highest BCUT2D eigenvalue weighted by Crippen LogP contribution is 2.19. The molecule has 1 rings (SSSR count). The molecule has 22 heteroatoms. The third-order valence-corrected chi connectivity index (χ3v) is 7.52. The lowest BCUT2D eigenvalue weighted by Crippen LogP contribution is -2.51. The maximum atomic E-state index is 13.1. The summed E-state index contributed by atoms with van der Waals surface area (Å²) in [6.07, 6.45) is 1.67. The predicted octanol–water partition coefficient (Wildman–Crippen LogP) is -0.0914. The van der Waals surface area contributed by atoms with Gasteiger partial charge in [0.15, 0.2) is 0 Å². The number of hydrazine groups is 1. The zero-order chi connectivity index (χ0) is 40.8. The van der Waals surface area contributed by atoms with E-state index in [9.17, 15) is 58.1 Å². The maximum Gasteiger partial charge on any atom is 0.326 e. The zero-order valence-corrected chi connectivity index (χ0v) is 29.3. The molecule has 0 heterocycles. The first-order chi connectivity index (χ1) is 25.4. The molecule has 15 N–H and O–H groups in total. The van der Waals surface area contributed by atoms with Crippen molar-refractivity contribution in [2.75, 3.05) is 24.8 Å². The maximum absolute atomic E-state index is 13.1. The topological polar surface area (TPSA) is 359 Å². The van der Waals surface area contributed by atoms with Crippen molar-refractivity contribution in [1.82, 2.24) is 26.6 Å². The van der Waals surface area contributed by atoms with Crippen molar-refractivity contribution in [3.63, 3.8) is 0 Å². The second-order valence-corrected chi connectivity index (χ2v) is 11.9. The monoisotopic (exact) mass is 769 g/mol. The Morgan fingerprint density at radius 1 is 0.667 bits per heavy atom. The predicted molar refractivity (Wildman–Crippen MR) is 188 cm³/mol. The Hall–Kier alpha value is -6.19.